The minimum atomic E-state index is -1.22. The number of nitrogens with zero attached hydrogens (tertiary/aromatic N) is 1. The molecule has 6 heteroatoms. The number of carbonyl (C=O) groups excluding carboxylic acids is 2. The maximum Gasteiger partial charge on any atom is 0.410 e. The van der Waals surface area contributed by atoms with Crippen molar-refractivity contribution in [2.24, 2.45) is 5.41 Å². The van der Waals surface area contributed by atoms with Gasteiger partial charge < -0.3 is 19.5 Å². The molecule has 0 aromatic carbocycles. The maximum absolute atomic E-state index is 12.4. The van der Waals surface area contributed by atoms with Gasteiger partial charge in [-0.2, -0.15) is 0 Å². The van der Waals surface area contributed by atoms with E-state index in [0.29, 0.717) is 6.54 Å². The topological polar surface area (TPSA) is 76.1 Å². The van der Waals surface area contributed by atoms with Crippen LogP contribution in [-0.4, -0.2) is 53.5 Å². The Morgan fingerprint density at radius 1 is 1.36 bits per heavy atom. The molecule has 2 unspecified atom stereocenters. The third-order valence-corrected chi connectivity index (χ3v) is 3.79. The number of hydrogen-bond acceptors (Lipinski definition) is 5. The van der Waals surface area contributed by atoms with Gasteiger partial charge in [0.15, 0.2) is 6.10 Å². The average molecular weight is 315 g/mol. The Morgan fingerprint density at radius 3 is 2.45 bits per heavy atom. The molecule has 0 bridgehead atoms. The molecule has 0 saturated carbocycles. The van der Waals surface area contributed by atoms with E-state index in [0.717, 1.165) is 12.8 Å². The molecule has 22 heavy (non-hydrogen) atoms. The molecule has 0 aromatic heterocycles. The van der Waals surface area contributed by atoms with Crippen molar-refractivity contribution in [3.05, 3.63) is 0 Å². The third kappa shape index (κ3) is 5.48. The number of carbonyl (C=O) groups is 2. The number of likely N-dealkylation sites (tertiary alicyclic amines) is 1. The van der Waals surface area contributed by atoms with Gasteiger partial charge in [0.2, 0.25) is 0 Å². The highest BCUT2D eigenvalue weighted by Gasteiger charge is 2.39. The molecule has 0 spiro atoms. The molecule has 0 aliphatic carbocycles. The minimum absolute atomic E-state index is 0.0103. The van der Waals surface area contributed by atoms with Crippen molar-refractivity contribution in [1.29, 1.82) is 0 Å². The first-order valence-corrected chi connectivity index (χ1v) is 7.71. The number of methoxy groups -OCH3 is 1. The highest BCUT2D eigenvalue weighted by molar-refractivity contribution is 5.74. The Hall–Kier alpha value is -1.30. The maximum atomic E-state index is 12.4. The highest BCUT2D eigenvalue weighted by Crippen LogP contribution is 2.34. The first-order valence-electron chi connectivity index (χ1n) is 7.71. The smallest absolute Gasteiger partial charge is 0.410 e. The molecule has 1 heterocycles. The van der Waals surface area contributed by atoms with E-state index in [-0.39, 0.29) is 17.9 Å². The zero-order valence-electron chi connectivity index (χ0n) is 14.5. The van der Waals surface area contributed by atoms with Crippen molar-refractivity contribution >= 4 is 12.1 Å². The molecule has 1 aliphatic heterocycles. The van der Waals surface area contributed by atoms with Crippen LogP contribution in [0.5, 0.6) is 0 Å². The lowest BCUT2D eigenvalue weighted by molar-refractivity contribution is -0.151. The van der Waals surface area contributed by atoms with E-state index in [1.165, 1.54) is 7.11 Å². The molecule has 0 radical (unpaired) electrons. The Morgan fingerprint density at radius 2 is 1.95 bits per heavy atom. The van der Waals surface area contributed by atoms with Crippen molar-refractivity contribution in [1.82, 2.24) is 4.90 Å². The van der Waals surface area contributed by atoms with Gasteiger partial charge in [0.1, 0.15) is 5.60 Å². The zero-order chi connectivity index (χ0) is 17.1. The summed E-state index contributed by atoms with van der Waals surface area (Å²) in [4.78, 5) is 25.5. The monoisotopic (exact) mass is 315 g/mol. The summed E-state index contributed by atoms with van der Waals surface area (Å²) in [7, 11) is 1.24. The molecular weight excluding hydrogens is 286 g/mol. The van der Waals surface area contributed by atoms with Gasteiger partial charge >= 0.3 is 12.1 Å². The number of rotatable bonds is 3. The number of hydrogen-bond donors (Lipinski definition) is 1. The molecule has 6 nitrogen and oxygen atoms in total. The van der Waals surface area contributed by atoms with Crippen molar-refractivity contribution < 1.29 is 24.2 Å². The summed E-state index contributed by atoms with van der Waals surface area (Å²) in [5.41, 5.74) is -0.589. The minimum Gasteiger partial charge on any atom is -0.467 e. The molecule has 1 fully saturated rings. The Kier molecular flexibility index (Phi) is 5.84. The van der Waals surface area contributed by atoms with Gasteiger partial charge in [0, 0.05) is 19.0 Å². The van der Waals surface area contributed by atoms with Crippen molar-refractivity contribution in [3.8, 4) is 0 Å². The third-order valence-electron chi connectivity index (χ3n) is 3.79. The summed E-state index contributed by atoms with van der Waals surface area (Å²) in [6, 6.07) is -0.225. The van der Waals surface area contributed by atoms with Crippen LogP contribution in [0.4, 0.5) is 4.79 Å². The average Bonchev–Trinajstić information content (AvgIpc) is 2.37. The quantitative estimate of drug-likeness (QED) is 0.809. The van der Waals surface area contributed by atoms with Gasteiger partial charge in [0.25, 0.3) is 0 Å². The van der Waals surface area contributed by atoms with Gasteiger partial charge in [-0.15, -0.1) is 0 Å². The Bertz CT molecular complexity index is 413. The summed E-state index contributed by atoms with van der Waals surface area (Å²) >= 11 is 0. The predicted octanol–water partition coefficient (Wildman–Crippen LogP) is 2.34. The predicted molar refractivity (Wildman–Crippen MR) is 82.4 cm³/mol. The van der Waals surface area contributed by atoms with Crippen LogP contribution in [0.25, 0.3) is 0 Å². The largest absolute Gasteiger partial charge is 0.467 e. The molecule has 1 amide bonds. The molecule has 1 N–H and O–H groups in total. The van der Waals surface area contributed by atoms with E-state index < -0.39 is 23.8 Å². The second kappa shape index (κ2) is 6.86. The summed E-state index contributed by atoms with van der Waals surface area (Å²) in [5.74, 6) is -0.672. The molecule has 128 valence electrons. The standard InChI is InChI=1S/C16H29NO5/c1-15(2,3)22-14(20)17-10-16(4,5)8-7-11(17)9-12(18)13(19)21-6/h11-12,18H,7-10H2,1-6H3. The second-order valence-electron chi connectivity index (χ2n) is 7.74. The number of ether oxygens (including phenoxy) is 2. The van der Waals surface area contributed by atoms with E-state index in [1.807, 2.05) is 20.8 Å². The van der Waals surface area contributed by atoms with Crippen LogP contribution in [0.1, 0.15) is 53.9 Å². The van der Waals surface area contributed by atoms with Crippen LogP contribution in [-0.2, 0) is 14.3 Å². The Labute approximate surface area is 132 Å². The number of amides is 1. The van der Waals surface area contributed by atoms with E-state index in [9.17, 15) is 14.7 Å². The van der Waals surface area contributed by atoms with E-state index >= 15 is 0 Å². The normalized spacial score (nSPS) is 22.9. The van der Waals surface area contributed by atoms with Gasteiger partial charge in [0.05, 0.1) is 7.11 Å². The fourth-order valence-corrected chi connectivity index (χ4v) is 2.65. The van der Waals surface area contributed by atoms with Crippen LogP contribution in [0, 0.1) is 5.41 Å². The van der Waals surface area contributed by atoms with E-state index in [2.05, 4.69) is 18.6 Å². The first kappa shape index (κ1) is 18.7. The summed E-state index contributed by atoms with van der Waals surface area (Å²) in [6.07, 6.45) is 0.191. The number of esters is 1. The van der Waals surface area contributed by atoms with E-state index in [4.69, 9.17) is 4.74 Å². The van der Waals surface area contributed by atoms with Gasteiger partial charge in [-0.1, -0.05) is 13.8 Å². The highest BCUT2D eigenvalue weighted by atomic mass is 16.6. The van der Waals surface area contributed by atoms with Crippen LogP contribution in [0.15, 0.2) is 0 Å². The summed E-state index contributed by atoms with van der Waals surface area (Å²) < 4.78 is 10.0. The lowest BCUT2D eigenvalue weighted by atomic mass is 9.80. The Balaban J connectivity index is 2.84. The SMILES string of the molecule is COC(=O)C(O)CC1CCC(C)(C)CN1C(=O)OC(C)(C)C. The number of aliphatic hydroxyl groups excluding tert-OH is 1. The van der Waals surface area contributed by atoms with Crippen LogP contribution in [0.3, 0.4) is 0 Å². The number of piperidine rings is 1. The van der Waals surface area contributed by atoms with Crippen LogP contribution >= 0.6 is 0 Å². The molecule has 1 rings (SSSR count). The fourth-order valence-electron chi connectivity index (χ4n) is 2.65. The second-order valence-corrected chi connectivity index (χ2v) is 7.74. The summed E-state index contributed by atoms with van der Waals surface area (Å²) in [6.45, 7) is 10.2. The number of aliphatic hydroxyl groups is 1. The molecule has 2 atom stereocenters. The van der Waals surface area contributed by atoms with Crippen molar-refractivity contribution in [2.75, 3.05) is 13.7 Å². The lowest BCUT2D eigenvalue weighted by Gasteiger charge is -2.44. The molecule has 0 aromatic rings. The van der Waals surface area contributed by atoms with Gasteiger partial charge in [-0.25, -0.2) is 9.59 Å². The summed E-state index contributed by atoms with van der Waals surface area (Å²) in [5, 5.41) is 9.88. The van der Waals surface area contributed by atoms with Crippen LogP contribution in [0.2, 0.25) is 0 Å². The van der Waals surface area contributed by atoms with E-state index in [1.54, 1.807) is 4.90 Å². The lowest BCUT2D eigenvalue weighted by Crippen LogP contribution is -2.52. The first-order chi connectivity index (χ1) is 9.95. The van der Waals surface area contributed by atoms with Crippen LogP contribution < -0.4 is 0 Å². The fraction of sp³-hybridized carbons (Fsp3) is 0.875. The molecular formula is C16H29NO5. The van der Waals surface area contributed by atoms with Crippen molar-refractivity contribution in [2.45, 2.75) is 71.6 Å². The molecule has 1 aliphatic rings. The van der Waals surface area contributed by atoms with Crippen molar-refractivity contribution in [3.63, 3.8) is 0 Å². The van der Waals surface area contributed by atoms with Gasteiger partial charge in [-0.3, -0.25) is 0 Å². The van der Waals surface area contributed by atoms with Gasteiger partial charge in [-0.05, 0) is 39.0 Å². The zero-order valence-corrected chi connectivity index (χ0v) is 14.5. The molecule has 1 saturated heterocycles.